The Balaban J connectivity index is 1.90. The zero-order valence-corrected chi connectivity index (χ0v) is 28.8. The Morgan fingerprint density at radius 1 is 1.28 bits per heavy atom. The molecule has 230 valence electrons. The maximum absolute atomic E-state index is 15.3. The molecule has 0 bridgehead atoms. The molecule has 2 aliphatic rings. The monoisotopic (exact) mass is 621 g/mol. The summed E-state index contributed by atoms with van der Waals surface area (Å²) in [7, 11) is 7.22. The van der Waals surface area contributed by atoms with Crippen molar-refractivity contribution in [3.63, 3.8) is 0 Å². The molecule has 1 aromatic carbocycles. The molecule has 2 N–H and O–H groups in total. The molecule has 0 radical (unpaired) electrons. The summed E-state index contributed by atoms with van der Waals surface area (Å²) in [6, 6.07) is 2.27. The summed E-state index contributed by atoms with van der Waals surface area (Å²) in [5.74, 6) is 0.617. The van der Waals surface area contributed by atoms with Crippen LogP contribution in [0.2, 0.25) is 0 Å². The lowest BCUT2D eigenvalue weighted by Gasteiger charge is -2.32. The van der Waals surface area contributed by atoms with E-state index in [-0.39, 0.29) is 11.4 Å². The normalized spacial score (nSPS) is 19.9. The van der Waals surface area contributed by atoms with Gasteiger partial charge in [0.05, 0.1) is 23.7 Å². The second kappa shape index (κ2) is 13.4. The first kappa shape index (κ1) is 33.1. The maximum atomic E-state index is 15.3. The number of nitrogens with zero attached hydrogens (tertiary/aromatic N) is 4. The van der Waals surface area contributed by atoms with Gasteiger partial charge in [-0.15, -0.1) is 20.6 Å². The molecule has 1 aromatic heterocycles. The minimum Gasteiger partial charge on any atom is -0.389 e. The van der Waals surface area contributed by atoms with Crippen LogP contribution in [0.15, 0.2) is 28.5 Å². The Labute approximate surface area is 263 Å². The molecule has 2 aromatic rings. The maximum Gasteiger partial charge on any atom is 0.136 e. The van der Waals surface area contributed by atoms with Crippen molar-refractivity contribution < 1.29 is 9.13 Å². The summed E-state index contributed by atoms with van der Waals surface area (Å²) < 4.78 is 21.4. The second-order valence-electron chi connectivity index (χ2n) is 11.9. The van der Waals surface area contributed by atoms with Crippen molar-refractivity contribution in [3.05, 3.63) is 67.4 Å². The van der Waals surface area contributed by atoms with E-state index in [1.54, 1.807) is 6.92 Å². The van der Waals surface area contributed by atoms with Gasteiger partial charge >= 0.3 is 0 Å². The fourth-order valence-electron chi connectivity index (χ4n) is 5.98. The number of likely N-dealkylation sites (tertiary alicyclic amines) is 1. The van der Waals surface area contributed by atoms with Crippen molar-refractivity contribution >= 4 is 48.5 Å². The molecule has 43 heavy (non-hydrogen) atoms. The van der Waals surface area contributed by atoms with Crippen LogP contribution in [0, 0.1) is 18.3 Å². The summed E-state index contributed by atoms with van der Waals surface area (Å²) in [5, 5.41) is 11.5. The molecule has 1 fully saturated rings. The van der Waals surface area contributed by atoms with Crippen LogP contribution in [0.1, 0.15) is 97.7 Å². The number of fused-ring (bicyclic) bond motifs is 1. The minimum atomic E-state index is -0.379. The molecule has 2 aliphatic heterocycles. The van der Waals surface area contributed by atoms with Crippen LogP contribution in [-0.4, -0.2) is 48.7 Å². The second-order valence-corrected chi connectivity index (χ2v) is 13.5. The molecule has 1 saturated heterocycles. The standard InChI is InChI=1S/C34H45FN5OPS/c1-9-12-27(40-14-13-34(6,19-40)39(7)8)38-16-23-21(5)31(42)29(25-18-41-17-24(23)25)28(20(4)10-2)30-22(15-36)33(37)43-32(30)26(35)11-3/h11-12,16H,9-10,13-14,17-19,37,42H2,1-8H3/b26-11+,27-12-,28-20+,38-16-. The third-order valence-corrected chi connectivity index (χ3v) is 10.9. The molecule has 0 aliphatic carbocycles. The highest BCUT2D eigenvalue weighted by Gasteiger charge is 2.36. The predicted molar refractivity (Wildman–Crippen MR) is 183 cm³/mol. The number of thiophene rings is 1. The molecule has 6 nitrogen and oxygen atoms in total. The van der Waals surface area contributed by atoms with Crippen LogP contribution in [0.25, 0.3) is 11.4 Å². The van der Waals surface area contributed by atoms with E-state index in [1.807, 2.05) is 6.21 Å². The number of benzene rings is 1. The van der Waals surface area contributed by atoms with Gasteiger partial charge in [0.2, 0.25) is 0 Å². The predicted octanol–water partition coefficient (Wildman–Crippen LogP) is 7.30. The molecule has 3 heterocycles. The topological polar surface area (TPSA) is 77.9 Å². The molecular weight excluding hydrogens is 576 g/mol. The number of hydrogen-bond donors (Lipinski definition) is 1. The Kier molecular flexibility index (Phi) is 10.3. The molecular formula is C34H45FN5OPS. The lowest BCUT2D eigenvalue weighted by molar-refractivity contribution is 0.134. The van der Waals surface area contributed by atoms with Crippen molar-refractivity contribution in [1.29, 1.82) is 5.26 Å². The lowest BCUT2D eigenvalue weighted by Crippen LogP contribution is -2.43. The average molecular weight is 622 g/mol. The van der Waals surface area contributed by atoms with Gasteiger partial charge in [-0.2, -0.15) is 5.26 Å². The number of aliphatic imine (C=N–C) groups is 1. The number of anilines is 1. The Morgan fingerprint density at radius 3 is 2.56 bits per heavy atom. The minimum absolute atomic E-state index is 0.112. The Morgan fingerprint density at radius 2 is 1.98 bits per heavy atom. The highest BCUT2D eigenvalue weighted by Crippen LogP contribution is 2.46. The summed E-state index contributed by atoms with van der Waals surface area (Å²) in [4.78, 5) is 10.2. The Bertz CT molecular complexity index is 1580. The van der Waals surface area contributed by atoms with Gasteiger partial charge in [-0.05, 0) is 100 Å². The van der Waals surface area contributed by atoms with Gasteiger partial charge in [-0.3, -0.25) is 0 Å². The number of hydrogen-bond acceptors (Lipinski definition) is 7. The SMILES string of the molecule is C/C=C(/F)c1sc(N)c(C#N)c1/C(=C(\C)CC)c1c(P)c(C)c(/C=N\C(=C\CC)N2CCC(C)(N(C)C)C2)c2c1COC2. The van der Waals surface area contributed by atoms with Gasteiger partial charge in [0, 0.05) is 36.0 Å². The van der Waals surface area contributed by atoms with Crippen LogP contribution in [0.4, 0.5) is 9.39 Å². The third kappa shape index (κ3) is 6.11. The smallest absolute Gasteiger partial charge is 0.136 e. The van der Waals surface area contributed by atoms with Gasteiger partial charge in [0.25, 0.3) is 0 Å². The van der Waals surface area contributed by atoms with Crippen LogP contribution in [0.5, 0.6) is 0 Å². The quantitative estimate of drug-likeness (QED) is 0.235. The molecule has 2 unspecified atom stereocenters. The lowest BCUT2D eigenvalue weighted by atomic mass is 9.83. The van der Waals surface area contributed by atoms with Crippen LogP contribution >= 0.6 is 20.6 Å². The number of rotatable bonds is 9. The summed E-state index contributed by atoms with van der Waals surface area (Å²) in [5.41, 5.74) is 14.5. The summed E-state index contributed by atoms with van der Waals surface area (Å²) in [6.07, 6.45) is 8.35. The van der Waals surface area contributed by atoms with Gasteiger partial charge in [-0.1, -0.05) is 25.5 Å². The molecule has 0 spiro atoms. The third-order valence-electron chi connectivity index (χ3n) is 9.10. The zero-order chi connectivity index (χ0) is 31.6. The van der Waals surface area contributed by atoms with E-state index >= 15 is 4.39 Å². The van der Waals surface area contributed by atoms with Crippen molar-refractivity contribution in [2.75, 3.05) is 32.9 Å². The van der Waals surface area contributed by atoms with E-state index in [0.29, 0.717) is 34.2 Å². The number of halogens is 1. The molecule has 2 atom stereocenters. The number of likely N-dealkylation sites (N-methyl/N-ethyl adjacent to an activating group) is 1. The van der Waals surface area contributed by atoms with Gasteiger partial charge in [-0.25, -0.2) is 9.38 Å². The van der Waals surface area contributed by atoms with Crippen molar-refractivity contribution in [2.45, 2.75) is 79.6 Å². The highest BCUT2D eigenvalue weighted by molar-refractivity contribution is 7.28. The van der Waals surface area contributed by atoms with E-state index < -0.39 is 0 Å². The van der Waals surface area contributed by atoms with E-state index in [0.717, 1.165) is 93.8 Å². The molecule has 4 rings (SSSR count). The number of nitrogen functional groups attached to an aromatic ring is 1. The Hall–Kier alpha value is -2.82. The summed E-state index contributed by atoms with van der Waals surface area (Å²) in [6.45, 7) is 15.1. The van der Waals surface area contributed by atoms with E-state index in [4.69, 9.17) is 15.5 Å². The van der Waals surface area contributed by atoms with Crippen LogP contribution < -0.4 is 11.0 Å². The van der Waals surface area contributed by atoms with Crippen LogP contribution in [0.3, 0.4) is 0 Å². The highest BCUT2D eigenvalue weighted by atomic mass is 32.1. The number of allylic oxidation sites excluding steroid dienone is 3. The molecule has 0 saturated carbocycles. The van der Waals surface area contributed by atoms with Crippen molar-refractivity contribution in [3.8, 4) is 6.07 Å². The van der Waals surface area contributed by atoms with E-state index in [9.17, 15) is 5.26 Å². The van der Waals surface area contributed by atoms with Crippen molar-refractivity contribution in [2.24, 2.45) is 4.99 Å². The number of nitrogens with two attached hydrogens (primary N) is 1. The van der Waals surface area contributed by atoms with Gasteiger partial charge < -0.3 is 20.3 Å². The molecule has 9 heteroatoms. The van der Waals surface area contributed by atoms with Gasteiger partial charge in [0.1, 0.15) is 22.7 Å². The van der Waals surface area contributed by atoms with Gasteiger partial charge in [0.15, 0.2) is 0 Å². The van der Waals surface area contributed by atoms with Crippen molar-refractivity contribution in [1.82, 2.24) is 9.80 Å². The first-order valence-electron chi connectivity index (χ1n) is 15.0. The molecule has 0 amide bonds. The fraction of sp³-hybridized carbons (Fsp3) is 0.471. The number of ether oxygens (including phenoxy) is 1. The average Bonchev–Trinajstić information content (AvgIpc) is 3.71. The summed E-state index contributed by atoms with van der Waals surface area (Å²) >= 11 is 1.13. The van der Waals surface area contributed by atoms with Crippen LogP contribution in [-0.2, 0) is 18.0 Å². The first-order chi connectivity index (χ1) is 20.4. The number of nitriles is 1. The first-order valence-corrected chi connectivity index (χ1v) is 16.4. The fourth-order valence-corrected chi connectivity index (χ4v) is 7.45. The van der Waals surface area contributed by atoms with E-state index in [1.165, 1.54) is 6.08 Å². The zero-order valence-electron chi connectivity index (χ0n) is 26.8. The largest absolute Gasteiger partial charge is 0.389 e. The van der Waals surface area contributed by atoms with E-state index in [2.05, 4.69) is 79.9 Å².